The monoisotopic (exact) mass is 242 g/mol. The van der Waals surface area contributed by atoms with Crippen LogP contribution >= 0.6 is 8.69 Å². The maximum absolute atomic E-state index is 9.37. The van der Waals surface area contributed by atoms with Crippen LogP contribution in [0.5, 0.6) is 0 Å². The Balaban J connectivity index is -0.000000158. The lowest BCUT2D eigenvalue weighted by Crippen LogP contribution is -2.21. The molecular weight excluding hydrogens is 223 g/mol. The number of carboxylic acid groups (broad SMARTS) is 1. The van der Waals surface area contributed by atoms with Gasteiger partial charge in [0.05, 0.1) is 0 Å². The van der Waals surface area contributed by atoms with Crippen LogP contribution in [0.3, 0.4) is 0 Å². The van der Waals surface area contributed by atoms with Crippen LogP contribution in [-0.2, 0) is 9.36 Å². The molecule has 0 aliphatic rings. The molecule has 0 saturated heterocycles. The number of hydrogen-bond donors (Lipinski definition) is 4. The topological polar surface area (TPSA) is 115 Å². The van der Waals surface area contributed by atoms with Gasteiger partial charge in [-0.15, -0.1) is 0 Å². The highest BCUT2D eigenvalue weighted by molar-refractivity contribution is 7.16. The van der Waals surface area contributed by atoms with Crippen LogP contribution in [-0.4, -0.2) is 32.0 Å². The summed E-state index contributed by atoms with van der Waals surface area (Å²) in [6, 6.07) is 0. The molecule has 0 rings (SSSR count). The van der Waals surface area contributed by atoms with E-state index in [1.807, 2.05) is 6.92 Å². The highest BCUT2D eigenvalue weighted by Crippen LogP contribution is 2.04. The van der Waals surface area contributed by atoms with Crippen LogP contribution in [0.4, 0.5) is 0 Å². The number of carbonyl (C=O) groups is 1. The van der Waals surface area contributed by atoms with Gasteiger partial charge in [0.1, 0.15) is 0 Å². The third kappa shape index (κ3) is 59.4. The molecule has 92 valence electrons. The van der Waals surface area contributed by atoms with E-state index in [0.717, 1.165) is 6.42 Å². The molecule has 0 aliphatic carbocycles. The van der Waals surface area contributed by atoms with Crippen LogP contribution in [0.25, 0.3) is 0 Å². The summed E-state index contributed by atoms with van der Waals surface area (Å²) < 4.78 is 8.46. The predicted molar refractivity (Wildman–Crippen MR) is 55.5 cm³/mol. The molecule has 0 aromatic heterocycles. The van der Waals surface area contributed by atoms with Gasteiger partial charge in [-0.05, 0) is 6.92 Å². The van der Waals surface area contributed by atoms with E-state index in [2.05, 4.69) is 0 Å². The number of carboxylic acids is 1. The maximum atomic E-state index is 9.37. The summed E-state index contributed by atoms with van der Waals surface area (Å²) in [6.07, 6.45) is 1.48. The summed E-state index contributed by atoms with van der Waals surface area (Å²) in [4.78, 5) is 16.4. The molecule has 0 heterocycles. The second kappa shape index (κ2) is 13.4. The first kappa shape index (κ1) is 19.9. The van der Waals surface area contributed by atoms with E-state index in [4.69, 9.17) is 24.8 Å². The largest absolute Gasteiger partial charge is 0.481 e. The minimum Gasteiger partial charge on any atom is -0.481 e. The van der Waals surface area contributed by atoms with Crippen LogP contribution in [0.2, 0.25) is 0 Å². The Labute approximate surface area is 90.9 Å². The summed E-state index contributed by atoms with van der Waals surface area (Å²) in [5.74, 6) is -2.20. The number of rotatable bonds is 3. The molecule has 0 saturated carbocycles. The number of hydrogen-bond acceptors (Lipinski definition) is 4. The van der Waals surface area contributed by atoms with E-state index in [1.54, 1.807) is 6.92 Å². The summed E-state index contributed by atoms with van der Waals surface area (Å²) in [6.45, 7) is 4.89. The number of aliphatic carboxylic acids is 1. The van der Waals surface area contributed by atoms with E-state index < -0.39 is 20.4 Å². The lowest BCUT2D eigenvalue weighted by Gasteiger charge is -2.12. The molecule has 0 spiro atoms. The molecule has 4 N–H and O–H groups in total. The Morgan fingerprint density at radius 1 is 1.33 bits per heavy atom. The molecule has 0 aromatic carbocycles. The Kier molecular flexibility index (Phi) is 17.9. The first-order chi connectivity index (χ1) is 6.74. The van der Waals surface area contributed by atoms with E-state index in [1.165, 1.54) is 6.92 Å². The van der Waals surface area contributed by atoms with Gasteiger partial charge in [-0.3, -0.25) is 4.79 Å². The van der Waals surface area contributed by atoms with Gasteiger partial charge in [0, 0.05) is 12.8 Å². The van der Waals surface area contributed by atoms with Crippen LogP contribution in [0.15, 0.2) is 0 Å². The Bertz CT molecular complexity index is 154. The lowest BCUT2D eigenvalue weighted by atomic mass is 10.2. The van der Waals surface area contributed by atoms with Gasteiger partial charge in [-0.2, -0.15) is 0 Å². The Morgan fingerprint density at radius 2 is 1.60 bits per heavy atom. The van der Waals surface area contributed by atoms with Gasteiger partial charge in [0.25, 0.3) is 0 Å². The molecule has 6 nitrogen and oxygen atoms in total. The van der Waals surface area contributed by atoms with Crippen molar-refractivity contribution in [2.24, 2.45) is 0 Å². The van der Waals surface area contributed by atoms with Gasteiger partial charge in [0.2, 0.25) is 0 Å². The minimum absolute atomic E-state index is 0.222. The van der Waals surface area contributed by atoms with Crippen LogP contribution in [0, 0.1) is 0 Å². The molecule has 0 unspecified atom stereocenters. The Morgan fingerprint density at radius 3 is 1.60 bits per heavy atom. The molecular formula is C8H19O6P. The number of aliphatic hydroxyl groups is 2. The molecule has 0 atom stereocenters. The van der Waals surface area contributed by atoms with Gasteiger partial charge < -0.3 is 20.2 Å². The van der Waals surface area contributed by atoms with Gasteiger partial charge >= 0.3 is 14.7 Å². The molecule has 7 heteroatoms. The smallest absolute Gasteiger partial charge is 0.324 e. The fourth-order valence-corrected chi connectivity index (χ4v) is 0.474. The molecule has 0 aromatic rings. The van der Waals surface area contributed by atoms with Gasteiger partial charge in [-0.25, -0.2) is 4.57 Å². The van der Waals surface area contributed by atoms with Crippen molar-refractivity contribution in [3.8, 4) is 0 Å². The van der Waals surface area contributed by atoms with Crippen molar-refractivity contribution in [3.63, 3.8) is 0 Å². The second-order valence-electron chi connectivity index (χ2n) is 2.80. The first-order valence-corrected chi connectivity index (χ1v) is 5.14. The van der Waals surface area contributed by atoms with Crippen molar-refractivity contribution in [1.82, 2.24) is 0 Å². The van der Waals surface area contributed by atoms with Gasteiger partial charge in [-0.1, -0.05) is 20.3 Å². The summed E-state index contributed by atoms with van der Waals surface area (Å²) in [5, 5.41) is 24.9. The highest BCUT2D eigenvalue weighted by Gasteiger charge is 2.11. The van der Waals surface area contributed by atoms with Crippen molar-refractivity contribution < 1.29 is 29.6 Å². The molecule has 15 heavy (non-hydrogen) atoms. The summed E-state index contributed by atoms with van der Waals surface area (Å²) in [7, 11) is -0.833. The van der Waals surface area contributed by atoms with E-state index >= 15 is 0 Å². The van der Waals surface area contributed by atoms with E-state index in [0.29, 0.717) is 6.42 Å². The van der Waals surface area contributed by atoms with Crippen LogP contribution < -0.4 is 0 Å². The van der Waals surface area contributed by atoms with Gasteiger partial charge in [0.15, 0.2) is 5.79 Å². The van der Waals surface area contributed by atoms with Crippen molar-refractivity contribution in [3.05, 3.63) is 0 Å². The van der Waals surface area contributed by atoms with E-state index in [9.17, 15) is 4.79 Å². The summed E-state index contributed by atoms with van der Waals surface area (Å²) >= 11 is 0. The quantitative estimate of drug-likeness (QED) is 0.436. The minimum atomic E-state index is -1.45. The molecule has 0 amide bonds. The maximum Gasteiger partial charge on any atom is 0.324 e. The van der Waals surface area contributed by atoms with Crippen molar-refractivity contribution in [2.75, 3.05) is 0 Å². The first-order valence-electron chi connectivity index (χ1n) is 4.38. The van der Waals surface area contributed by atoms with Crippen LogP contribution in [0.1, 0.15) is 40.0 Å². The molecule has 0 radical (unpaired) electrons. The zero-order valence-corrected chi connectivity index (χ0v) is 10.1. The third-order valence-corrected chi connectivity index (χ3v) is 1.03. The fourth-order valence-electron chi connectivity index (χ4n) is 0.474. The molecule has 0 bridgehead atoms. The predicted octanol–water partition coefficient (Wildman–Crippen LogP) is 1.15. The van der Waals surface area contributed by atoms with Crippen molar-refractivity contribution >= 4 is 14.7 Å². The fraction of sp³-hybridized carbons (Fsp3) is 0.875. The standard InChI is InChI=1S/C5H12O2.C3H6O2.HO2P/c1-3-4-5(2,6)7;1-2-3(4)5;1-3-2/h6-7H,3-4H2,1-2H3;2H2,1H3,(H,4,5);(H,1,2). The zero-order chi connectivity index (χ0) is 12.9. The van der Waals surface area contributed by atoms with E-state index in [-0.39, 0.29) is 6.42 Å². The normalized spacial score (nSPS) is 9.47. The second-order valence-corrected chi connectivity index (χ2v) is 2.96. The third-order valence-electron chi connectivity index (χ3n) is 1.03. The molecule has 0 aliphatic heterocycles. The zero-order valence-electron chi connectivity index (χ0n) is 9.17. The Hall–Kier alpha value is -0.550. The molecule has 0 fully saturated rings. The highest BCUT2D eigenvalue weighted by atomic mass is 31.1. The average molecular weight is 242 g/mol. The SMILES string of the molecule is CCC(=O)O.CCCC(C)(O)O.O=PO. The average Bonchev–Trinajstić information content (AvgIpc) is 2.04. The van der Waals surface area contributed by atoms with Crippen molar-refractivity contribution in [1.29, 1.82) is 0 Å². The van der Waals surface area contributed by atoms with Crippen molar-refractivity contribution in [2.45, 2.75) is 45.8 Å². The summed E-state index contributed by atoms with van der Waals surface area (Å²) in [5.41, 5.74) is 0. The lowest BCUT2D eigenvalue weighted by molar-refractivity contribution is -0.149.